The smallest absolute Gasteiger partial charge is 0.278 e. The molecule has 0 spiro atoms. The Morgan fingerprint density at radius 3 is 2.77 bits per heavy atom. The molecule has 118 valence electrons. The number of fused-ring (bicyclic) bond motifs is 1. The van der Waals surface area contributed by atoms with Crippen molar-refractivity contribution in [3.05, 3.63) is 23.0 Å². The lowest BCUT2D eigenvalue weighted by molar-refractivity contribution is -0.138. The zero-order chi connectivity index (χ0) is 16.0. The molecule has 2 aromatic rings. The summed E-state index contributed by atoms with van der Waals surface area (Å²) in [7, 11) is 0. The standard InChI is InChI=1S/C13H16N4O5/c1-5(2)7(18)10-8(19)9(20)13(22-10)17-4-16-6-11(17)14-3-15-12(6)21/h3-5,8-10,13,19-20H,1-2H3,(H,14,15,21)/t8-,9+,10+,13+/m0/s1. The average molecular weight is 308 g/mol. The second kappa shape index (κ2) is 5.27. The van der Waals surface area contributed by atoms with Gasteiger partial charge in [0.15, 0.2) is 23.2 Å². The molecule has 3 rings (SSSR count). The topological polar surface area (TPSA) is 130 Å². The van der Waals surface area contributed by atoms with Crippen LogP contribution in [0.4, 0.5) is 0 Å². The van der Waals surface area contributed by atoms with Gasteiger partial charge in [0.05, 0.1) is 12.7 Å². The van der Waals surface area contributed by atoms with E-state index in [9.17, 15) is 19.8 Å². The third kappa shape index (κ3) is 2.14. The Kier molecular flexibility index (Phi) is 3.55. The Morgan fingerprint density at radius 2 is 2.09 bits per heavy atom. The second-order valence-corrected chi connectivity index (χ2v) is 5.54. The molecule has 3 N–H and O–H groups in total. The zero-order valence-electron chi connectivity index (χ0n) is 12.0. The lowest BCUT2D eigenvalue weighted by atomic mass is 9.99. The largest absolute Gasteiger partial charge is 0.387 e. The summed E-state index contributed by atoms with van der Waals surface area (Å²) >= 11 is 0. The fraction of sp³-hybridized carbons (Fsp3) is 0.538. The van der Waals surface area contributed by atoms with Crippen LogP contribution >= 0.6 is 0 Å². The van der Waals surface area contributed by atoms with E-state index in [1.165, 1.54) is 17.2 Å². The van der Waals surface area contributed by atoms with Gasteiger partial charge < -0.3 is 19.9 Å². The molecule has 0 radical (unpaired) electrons. The van der Waals surface area contributed by atoms with E-state index in [1.807, 2.05) is 0 Å². The number of aliphatic hydroxyl groups is 2. The number of Topliss-reactive ketones (excluding diaryl/α,β-unsaturated/α-hetero) is 1. The van der Waals surface area contributed by atoms with Gasteiger partial charge in [0.25, 0.3) is 5.56 Å². The van der Waals surface area contributed by atoms with Gasteiger partial charge in [0.1, 0.15) is 18.3 Å². The molecule has 0 aliphatic carbocycles. The normalized spacial score (nSPS) is 28.6. The van der Waals surface area contributed by atoms with Crippen molar-refractivity contribution in [1.29, 1.82) is 0 Å². The molecule has 3 heterocycles. The molecular formula is C13H16N4O5. The molecule has 0 saturated carbocycles. The fourth-order valence-electron chi connectivity index (χ4n) is 2.50. The van der Waals surface area contributed by atoms with Crippen molar-refractivity contribution in [3.8, 4) is 0 Å². The molecule has 0 amide bonds. The highest BCUT2D eigenvalue weighted by molar-refractivity contribution is 5.85. The summed E-state index contributed by atoms with van der Waals surface area (Å²) in [4.78, 5) is 34.0. The van der Waals surface area contributed by atoms with Gasteiger partial charge in [-0.15, -0.1) is 0 Å². The monoisotopic (exact) mass is 308 g/mol. The first kappa shape index (κ1) is 14.8. The number of carbonyl (C=O) groups excluding carboxylic acids is 1. The van der Waals surface area contributed by atoms with Crippen LogP contribution in [-0.4, -0.2) is 53.8 Å². The van der Waals surface area contributed by atoms with Gasteiger partial charge >= 0.3 is 0 Å². The lowest BCUT2D eigenvalue weighted by Gasteiger charge is -2.16. The summed E-state index contributed by atoms with van der Waals surface area (Å²) in [5.41, 5.74) is -0.129. The SMILES string of the molecule is CC(C)C(=O)[C@H]1O[C@@H](n2cnc3c(=O)[nH]cnc32)[C@H](O)[C@@H]1O. The first-order valence-electron chi connectivity index (χ1n) is 6.87. The molecule has 1 aliphatic heterocycles. The molecule has 0 aromatic carbocycles. The summed E-state index contributed by atoms with van der Waals surface area (Å²) in [5, 5.41) is 20.2. The fourth-order valence-corrected chi connectivity index (χ4v) is 2.50. The number of imidazole rings is 1. The molecular weight excluding hydrogens is 292 g/mol. The van der Waals surface area contributed by atoms with Crippen molar-refractivity contribution >= 4 is 16.9 Å². The minimum atomic E-state index is -1.35. The van der Waals surface area contributed by atoms with E-state index in [2.05, 4.69) is 15.0 Å². The number of ketones is 1. The van der Waals surface area contributed by atoms with Crippen molar-refractivity contribution in [1.82, 2.24) is 19.5 Å². The van der Waals surface area contributed by atoms with Crippen LogP contribution < -0.4 is 5.56 Å². The van der Waals surface area contributed by atoms with Crippen molar-refractivity contribution in [2.45, 2.75) is 38.4 Å². The number of rotatable bonds is 3. The number of aliphatic hydroxyl groups excluding tert-OH is 2. The van der Waals surface area contributed by atoms with Gasteiger partial charge in [-0.05, 0) is 0 Å². The minimum Gasteiger partial charge on any atom is -0.387 e. The molecule has 0 unspecified atom stereocenters. The van der Waals surface area contributed by atoms with E-state index in [1.54, 1.807) is 13.8 Å². The van der Waals surface area contributed by atoms with Crippen LogP contribution in [0.15, 0.2) is 17.4 Å². The number of H-pyrrole nitrogens is 1. The van der Waals surface area contributed by atoms with Crippen LogP contribution in [0.25, 0.3) is 11.2 Å². The molecule has 9 heteroatoms. The van der Waals surface area contributed by atoms with Gasteiger partial charge in [0.2, 0.25) is 0 Å². The number of aromatic amines is 1. The van der Waals surface area contributed by atoms with Crippen LogP contribution in [0.5, 0.6) is 0 Å². The van der Waals surface area contributed by atoms with Gasteiger partial charge in [0, 0.05) is 5.92 Å². The number of aromatic nitrogens is 4. The van der Waals surface area contributed by atoms with Gasteiger partial charge in [-0.25, -0.2) is 9.97 Å². The molecule has 2 aromatic heterocycles. The van der Waals surface area contributed by atoms with Crippen LogP contribution in [0.1, 0.15) is 20.1 Å². The van der Waals surface area contributed by atoms with Gasteiger partial charge in [-0.1, -0.05) is 13.8 Å². The van der Waals surface area contributed by atoms with Crippen LogP contribution in [0.3, 0.4) is 0 Å². The number of carbonyl (C=O) groups is 1. The average Bonchev–Trinajstić information content (AvgIpc) is 3.02. The Balaban J connectivity index is 1.99. The number of ether oxygens (including phenoxy) is 1. The minimum absolute atomic E-state index is 0.0893. The second-order valence-electron chi connectivity index (χ2n) is 5.54. The Bertz CT molecular complexity index is 767. The van der Waals surface area contributed by atoms with Crippen LogP contribution in [0, 0.1) is 5.92 Å². The highest BCUT2D eigenvalue weighted by Gasteiger charge is 2.47. The molecule has 1 fully saturated rings. The maximum atomic E-state index is 12.0. The third-order valence-electron chi connectivity index (χ3n) is 3.73. The first-order valence-corrected chi connectivity index (χ1v) is 6.87. The molecule has 1 saturated heterocycles. The number of nitrogens with zero attached hydrogens (tertiary/aromatic N) is 3. The van der Waals surface area contributed by atoms with Crippen molar-refractivity contribution in [2.24, 2.45) is 5.92 Å². The van der Waals surface area contributed by atoms with E-state index in [0.29, 0.717) is 0 Å². The zero-order valence-corrected chi connectivity index (χ0v) is 12.0. The van der Waals surface area contributed by atoms with E-state index in [0.717, 1.165) is 0 Å². The maximum Gasteiger partial charge on any atom is 0.278 e. The molecule has 0 bridgehead atoms. The predicted molar refractivity (Wildman–Crippen MR) is 73.9 cm³/mol. The number of nitrogens with one attached hydrogen (secondary N) is 1. The quantitative estimate of drug-likeness (QED) is 0.660. The molecule has 1 aliphatic rings. The highest BCUT2D eigenvalue weighted by atomic mass is 16.6. The van der Waals surface area contributed by atoms with E-state index in [4.69, 9.17) is 4.74 Å². The lowest BCUT2D eigenvalue weighted by Crippen LogP contribution is -2.37. The molecule has 9 nitrogen and oxygen atoms in total. The van der Waals surface area contributed by atoms with Gasteiger partial charge in [-0.2, -0.15) is 0 Å². The predicted octanol–water partition coefficient (Wildman–Crippen LogP) is -1.04. The van der Waals surface area contributed by atoms with E-state index in [-0.39, 0.29) is 22.9 Å². The van der Waals surface area contributed by atoms with Gasteiger partial charge in [-0.3, -0.25) is 14.2 Å². The Morgan fingerprint density at radius 1 is 1.36 bits per heavy atom. The van der Waals surface area contributed by atoms with E-state index >= 15 is 0 Å². The van der Waals surface area contributed by atoms with Crippen molar-refractivity contribution in [3.63, 3.8) is 0 Å². The van der Waals surface area contributed by atoms with Crippen LogP contribution in [-0.2, 0) is 9.53 Å². The summed E-state index contributed by atoms with van der Waals surface area (Å²) in [6.45, 7) is 3.37. The number of hydrogen-bond donors (Lipinski definition) is 3. The number of hydrogen-bond acceptors (Lipinski definition) is 7. The van der Waals surface area contributed by atoms with E-state index < -0.39 is 30.1 Å². The summed E-state index contributed by atoms with van der Waals surface area (Å²) < 4.78 is 6.86. The molecule has 22 heavy (non-hydrogen) atoms. The Hall–Kier alpha value is -2.10. The van der Waals surface area contributed by atoms with Crippen LogP contribution in [0.2, 0.25) is 0 Å². The van der Waals surface area contributed by atoms with Crippen molar-refractivity contribution < 1.29 is 19.7 Å². The van der Waals surface area contributed by atoms with Crippen molar-refractivity contribution in [2.75, 3.05) is 0 Å². The maximum absolute atomic E-state index is 12.0. The summed E-state index contributed by atoms with van der Waals surface area (Å²) in [6.07, 6.45) is -2.35. The Labute approximate surface area is 124 Å². The third-order valence-corrected chi connectivity index (χ3v) is 3.73. The molecule has 4 atom stereocenters. The summed E-state index contributed by atoms with van der Waals surface area (Å²) in [6, 6.07) is 0. The summed E-state index contributed by atoms with van der Waals surface area (Å²) in [5.74, 6) is -0.643. The highest BCUT2D eigenvalue weighted by Crippen LogP contribution is 2.32. The first-order chi connectivity index (χ1) is 10.4.